The first kappa shape index (κ1) is 15.0. The quantitative estimate of drug-likeness (QED) is 0.522. The number of hydrogen-bond donors (Lipinski definition) is 0. The van der Waals surface area contributed by atoms with Crippen LogP contribution in [0.5, 0.6) is 0 Å². The molecule has 0 aliphatic heterocycles. The Kier molecular flexibility index (Phi) is 4.02. The molecule has 0 saturated heterocycles. The molecule has 0 unspecified atom stereocenters. The Balaban J connectivity index is 1.67. The molecule has 3 aromatic heterocycles. The van der Waals surface area contributed by atoms with E-state index in [1.807, 2.05) is 22.9 Å². The first-order chi connectivity index (χ1) is 11.3. The molecule has 0 spiro atoms. The zero-order valence-electron chi connectivity index (χ0n) is 13.2. The monoisotopic (exact) mass is 346 g/mol. The number of thiophene rings is 1. The van der Waals surface area contributed by atoms with Crippen LogP contribution in [0.1, 0.15) is 41.9 Å². The van der Waals surface area contributed by atoms with E-state index in [9.17, 15) is 0 Å². The summed E-state index contributed by atoms with van der Waals surface area (Å²) in [6.45, 7) is 4.95. The molecule has 6 nitrogen and oxygen atoms in total. The summed E-state index contributed by atoms with van der Waals surface area (Å²) in [7, 11) is 0. The lowest BCUT2D eigenvalue weighted by Crippen LogP contribution is -2.04. The van der Waals surface area contributed by atoms with Crippen molar-refractivity contribution in [1.82, 2.24) is 30.2 Å². The van der Waals surface area contributed by atoms with Gasteiger partial charge in [-0.15, -0.1) is 16.4 Å². The summed E-state index contributed by atoms with van der Waals surface area (Å²) in [6, 6.07) is 0. The third kappa shape index (κ3) is 2.74. The minimum atomic E-state index is 0.739. The Morgan fingerprint density at radius 2 is 2.17 bits per heavy atom. The molecule has 23 heavy (non-hydrogen) atoms. The van der Waals surface area contributed by atoms with E-state index >= 15 is 0 Å². The molecule has 0 radical (unpaired) electrons. The normalized spacial score (nSPS) is 13.8. The minimum absolute atomic E-state index is 0.739. The molecule has 0 N–H and O–H groups in total. The average Bonchev–Trinajstić information content (AvgIpc) is 3.20. The molecule has 8 heteroatoms. The average molecular weight is 346 g/mol. The summed E-state index contributed by atoms with van der Waals surface area (Å²) in [6.07, 6.45) is 4.62. The summed E-state index contributed by atoms with van der Waals surface area (Å²) >= 11 is 3.56. The molecule has 4 rings (SSSR count). The maximum Gasteiger partial charge on any atom is 0.161 e. The van der Waals surface area contributed by atoms with Gasteiger partial charge in [0.25, 0.3) is 0 Å². The number of tetrazole rings is 1. The molecule has 0 amide bonds. The van der Waals surface area contributed by atoms with Crippen molar-refractivity contribution in [3.8, 4) is 0 Å². The summed E-state index contributed by atoms with van der Waals surface area (Å²) in [4.78, 5) is 12.0. The van der Waals surface area contributed by atoms with Crippen molar-refractivity contribution in [2.24, 2.45) is 0 Å². The molecule has 0 bridgehead atoms. The SMILES string of the molecule is CCCn1nnnc1CSc1nc(C)nc2sc3c(c12)CCC3. The van der Waals surface area contributed by atoms with E-state index in [0.29, 0.717) is 0 Å². The summed E-state index contributed by atoms with van der Waals surface area (Å²) in [5.41, 5.74) is 1.47. The maximum atomic E-state index is 4.71. The van der Waals surface area contributed by atoms with Crippen molar-refractivity contribution in [2.75, 3.05) is 0 Å². The first-order valence-electron chi connectivity index (χ1n) is 7.93. The Hall–Kier alpha value is -1.54. The number of aryl methyl sites for hydroxylation is 4. The second kappa shape index (κ2) is 6.16. The molecule has 3 heterocycles. The number of nitrogens with zero attached hydrogens (tertiary/aromatic N) is 6. The molecule has 0 saturated carbocycles. The van der Waals surface area contributed by atoms with Crippen molar-refractivity contribution >= 4 is 33.3 Å². The van der Waals surface area contributed by atoms with Crippen LogP contribution in [0.25, 0.3) is 10.2 Å². The lowest BCUT2D eigenvalue weighted by Gasteiger charge is -2.06. The highest BCUT2D eigenvalue weighted by Gasteiger charge is 2.22. The minimum Gasteiger partial charge on any atom is -0.229 e. The first-order valence-corrected chi connectivity index (χ1v) is 9.73. The van der Waals surface area contributed by atoms with E-state index < -0.39 is 0 Å². The largest absolute Gasteiger partial charge is 0.229 e. The second-order valence-corrected chi connectivity index (χ2v) is 7.77. The van der Waals surface area contributed by atoms with Gasteiger partial charge in [-0.2, -0.15) is 0 Å². The molecular formula is C15H18N6S2. The second-order valence-electron chi connectivity index (χ2n) is 5.72. The molecule has 0 fully saturated rings. The molecule has 1 aliphatic rings. The predicted molar refractivity (Wildman–Crippen MR) is 91.8 cm³/mol. The third-order valence-corrected chi connectivity index (χ3v) is 6.18. The maximum absolute atomic E-state index is 4.71. The van der Waals surface area contributed by atoms with Crippen molar-refractivity contribution in [3.63, 3.8) is 0 Å². The van der Waals surface area contributed by atoms with E-state index in [4.69, 9.17) is 4.98 Å². The van der Waals surface area contributed by atoms with E-state index in [1.165, 1.54) is 28.7 Å². The lowest BCUT2D eigenvalue weighted by molar-refractivity contribution is 0.564. The Morgan fingerprint density at radius 1 is 1.26 bits per heavy atom. The van der Waals surface area contributed by atoms with E-state index in [2.05, 4.69) is 27.4 Å². The number of fused-ring (bicyclic) bond motifs is 3. The van der Waals surface area contributed by atoms with Gasteiger partial charge in [-0.25, -0.2) is 14.6 Å². The van der Waals surface area contributed by atoms with Crippen LogP contribution in [-0.2, 0) is 25.1 Å². The summed E-state index contributed by atoms with van der Waals surface area (Å²) in [5, 5.41) is 14.4. The van der Waals surface area contributed by atoms with Gasteiger partial charge in [0.05, 0.1) is 5.75 Å². The van der Waals surface area contributed by atoms with Crippen LogP contribution in [0.15, 0.2) is 5.03 Å². The predicted octanol–water partition coefficient (Wildman–Crippen LogP) is 3.18. The zero-order chi connectivity index (χ0) is 15.8. The highest BCUT2D eigenvalue weighted by atomic mass is 32.2. The van der Waals surface area contributed by atoms with Gasteiger partial charge in [-0.05, 0) is 48.6 Å². The van der Waals surface area contributed by atoms with Gasteiger partial charge < -0.3 is 0 Å². The zero-order valence-corrected chi connectivity index (χ0v) is 14.9. The van der Waals surface area contributed by atoms with Crippen molar-refractivity contribution in [1.29, 1.82) is 0 Å². The Morgan fingerprint density at radius 3 is 3.04 bits per heavy atom. The van der Waals surface area contributed by atoms with E-state index in [0.717, 1.165) is 46.6 Å². The highest BCUT2D eigenvalue weighted by molar-refractivity contribution is 7.98. The highest BCUT2D eigenvalue weighted by Crippen LogP contribution is 2.40. The fourth-order valence-corrected chi connectivity index (χ4v) is 5.42. The fraction of sp³-hybridized carbons (Fsp3) is 0.533. The topological polar surface area (TPSA) is 69.4 Å². The van der Waals surface area contributed by atoms with Crippen molar-refractivity contribution in [3.05, 3.63) is 22.1 Å². The smallest absolute Gasteiger partial charge is 0.161 e. The van der Waals surface area contributed by atoms with Crippen molar-refractivity contribution < 1.29 is 0 Å². The molecule has 1 aliphatic carbocycles. The van der Waals surface area contributed by atoms with Gasteiger partial charge >= 0.3 is 0 Å². The van der Waals surface area contributed by atoms with Crippen LogP contribution in [0.4, 0.5) is 0 Å². The number of rotatable bonds is 5. The Bertz CT molecular complexity index is 853. The van der Waals surface area contributed by atoms with E-state index in [1.54, 1.807) is 11.8 Å². The van der Waals surface area contributed by atoms with Crippen molar-refractivity contribution in [2.45, 2.75) is 56.9 Å². The standard InChI is InChI=1S/C15H18N6S2/c1-3-7-21-12(18-19-20-21)8-22-14-13-10-5-4-6-11(10)23-15(13)17-9(2)16-14/h3-8H2,1-2H3. The molecular weight excluding hydrogens is 328 g/mol. The molecule has 120 valence electrons. The van der Waals surface area contributed by atoms with Crippen LogP contribution in [0.2, 0.25) is 0 Å². The van der Waals surface area contributed by atoms with Gasteiger partial charge in [0.15, 0.2) is 5.82 Å². The van der Waals surface area contributed by atoms with E-state index in [-0.39, 0.29) is 0 Å². The van der Waals surface area contributed by atoms with Gasteiger partial charge in [-0.1, -0.05) is 18.7 Å². The van der Waals surface area contributed by atoms with Crippen LogP contribution < -0.4 is 0 Å². The fourth-order valence-electron chi connectivity index (χ4n) is 3.01. The van der Waals surface area contributed by atoms with Gasteiger partial charge in [0, 0.05) is 16.8 Å². The Labute approximate surface area is 142 Å². The van der Waals surface area contributed by atoms with Gasteiger partial charge in [0.2, 0.25) is 0 Å². The number of hydrogen-bond acceptors (Lipinski definition) is 7. The van der Waals surface area contributed by atoms with Crippen LogP contribution in [-0.4, -0.2) is 30.2 Å². The molecule has 0 aromatic carbocycles. The van der Waals surface area contributed by atoms with Crippen LogP contribution in [0.3, 0.4) is 0 Å². The summed E-state index contributed by atoms with van der Waals surface area (Å²) in [5.74, 6) is 2.49. The van der Waals surface area contributed by atoms with Gasteiger partial charge in [-0.3, -0.25) is 0 Å². The summed E-state index contributed by atoms with van der Waals surface area (Å²) < 4.78 is 1.89. The third-order valence-electron chi connectivity index (χ3n) is 4.02. The van der Waals surface area contributed by atoms with Gasteiger partial charge in [0.1, 0.15) is 15.7 Å². The number of thioether (sulfide) groups is 1. The van der Waals surface area contributed by atoms with Crippen LogP contribution in [0, 0.1) is 6.92 Å². The number of aromatic nitrogens is 6. The molecule has 0 atom stereocenters. The lowest BCUT2D eigenvalue weighted by atomic mass is 10.2. The molecule has 3 aromatic rings. The van der Waals surface area contributed by atoms with Crippen LogP contribution >= 0.6 is 23.1 Å².